The van der Waals surface area contributed by atoms with Gasteiger partial charge in [0.1, 0.15) is 6.04 Å². The van der Waals surface area contributed by atoms with Crippen LogP contribution in [-0.2, 0) is 27.2 Å². The summed E-state index contributed by atoms with van der Waals surface area (Å²) in [6.07, 6.45) is 0.335. The number of para-hydroxylation sites is 1. The van der Waals surface area contributed by atoms with E-state index in [9.17, 15) is 19.2 Å². The van der Waals surface area contributed by atoms with Crippen molar-refractivity contribution in [1.29, 1.82) is 0 Å². The molecular formula is C24H26N4O8. The number of aryl methyl sites for hydroxylation is 2. The number of nitrogens with zero attached hydrogens (tertiary/aromatic N) is 1. The Morgan fingerprint density at radius 3 is 2.61 bits per heavy atom. The fourth-order valence-corrected chi connectivity index (χ4v) is 3.69. The van der Waals surface area contributed by atoms with Crippen molar-refractivity contribution >= 4 is 35.5 Å². The van der Waals surface area contributed by atoms with Gasteiger partial charge in [-0.3, -0.25) is 9.59 Å². The molecule has 0 fully saturated rings. The summed E-state index contributed by atoms with van der Waals surface area (Å²) in [6.45, 7) is 0.291. The molecule has 12 nitrogen and oxygen atoms in total. The molecule has 0 aliphatic carbocycles. The number of aliphatic imine (C=N–C) groups is 1. The second-order valence-electron chi connectivity index (χ2n) is 8.02. The number of benzene rings is 2. The van der Waals surface area contributed by atoms with Crippen molar-refractivity contribution in [2.45, 2.75) is 38.1 Å². The first kappa shape index (κ1) is 26.0. The van der Waals surface area contributed by atoms with Crippen molar-refractivity contribution in [1.82, 2.24) is 5.32 Å². The highest BCUT2D eigenvalue weighted by atomic mass is 16.6. The molecule has 0 aromatic heterocycles. The predicted octanol–water partition coefficient (Wildman–Crippen LogP) is 1.11. The standard InChI is InChI=1S/C24H26N4O8/c25-24(26)27-15-7-8-16-14(11-15)4-2-10-35-21-13(3-1-5-18(21)36-23(16)34)6-9-19(29)28-17(22(32)33)12-20(30)31/h1,3,5,7-8,11,17H,2,4,6,9-10,12H2,(H,28,29)(H,30,31)(H,32,33)(H4,25,26,27)/t17-/m0/s1. The van der Waals surface area contributed by atoms with Crippen LogP contribution in [0.1, 0.15) is 40.7 Å². The topological polar surface area (TPSA) is 204 Å². The number of hydrogen-bond acceptors (Lipinski definition) is 7. The number of carbonyl (C=O) groups excluding carboxylic acids is 2. The molecule has 0 bridgehead atoms. The Balaban J connectivity index is 1.77. The zero-order valence-corrected chi connectivity index (χ0v) is 19.2. The molecule has 1 heterocycles. The van der Waals surface area contributed by atoms with Gasteiger partial charge in [0.25, 0.3) is 0 Å². The maximum Gasteiger partial charge on any atom is 0.343 e. The van der Waals surface area contributed by atoms with Gasteiger partial charge in [0.2, 0.25) is 5.91 Å². The summed E-state index contributed by atoms with van der Waals surface area (Å²) >= 11 is 0. The zero-order chi connectivity index (χ0) is 26.2. The molecule has 0 unspecified atom stereocenters. The molecule has 0 saturated heterocycles. The van der Waals surface area contributed by atoms with Crippen LogP contribution in [0.2, 0.25) is 0 Å². The molecule has 36 heavy (non-hydrogen) atoms. The van der Waals surface area contributed by atoms with Gasteiger partial charge in [0.15, 0.2) is 17.5 Å². The number of carboxylic acids is 2. The third-order valence-corrected chi connectivity index (χ3v) is 5.30. The Kier molecular flexibility index (Phi) is 8.44. The number of rotatable bonds is 8. The van der Waals surface area contributed by atoms with Crippen LogP contribution in [0.25, 0.3) is 0 Å². The summed E-state index contributed by atoms with van der Waals surface area (Å²) in [5.41, 5.74) is 13.0. The van der Waals surface area contributed by atoms with E-state index < -0.39 is 36.3 Å². The number of hydrogen-bond donors (Lipinski definition) is 5. The average molecular weight is 498 g/mol. The van der Waals surface area contributed by atoms with Gasteiger partial charge < -0.3 is 36.5 Å². The third-order valence-electron chi connectivity index (χ3n) is 5.30. The number of carbonyl (C=O) groups is 4. The third kappa shape index (κ3) is 6.95. The molecule has 0 radical (unpaired) electrons. The summed E-state index contributed by atoms with van der Waals surface area (Å²) in [5.74, 6) is -3.64. The molecule has 1 aliphatic heterocycles. The molecule has 12 heteroatoms. The van der Waals surface area contributed by atoms with Gasteiger partial charge in [-0.2, -0.15) is 0 Å². The summed E-state index contributed by atoms with van der Waals surface area (Å²) in [5, 5.41) is 20.1. The fraction of sp³-hybridized carbons (Fsp3) is 0.292. The number of esters is 1. The van der Waals surface area contributed by atoms with Crippen molar-refractivity contribution in [2.75, 3.05) is 6.61 Å². The Bertz CT molecular complexity index is 1210. The second-order valence-corrected chi connectivity index (χ2v) is 8.02. The SMILES string of the molecule is NC(N)=Nc1ccc2c(c1)CCCOc1c(CCC(=O)N[C@@H](CC(=O)O)C(=O)O)cccc1OC2=O. The van der Waals surface area contributed by atoms with E-state index in [-0.39, 0.29) is 24.6 Å². The van der Waals surface area contributed by atoms with Crippen LogP contribution in [0.4, 0.5) is 5.69 Å². The number of carboxylic acid groups (broad SMARTS) is 2. The number of nitrogens with one attached hydrogen (secondary N) is 1. The summed E-state index contributed by atoms with van der Waals surface area (Å²) in [6, 6.07) is 8.28. The number of guanidine groups is 1. The van der Waals surface area contributed by atoms with E-state index >= 15 is 0 Å². The van der Waals surface area contributed by atoms with Gasteiger partial charge in [-0.15, -0.1) is 0 Å². The lowest BCUT2D eigenvalue weighted by Gasteiger charge is -2.19. The lowest BCUT2D eigenvalue weighted by atomic mass is 10.0. The van der Waals surface area contributed by atoms with Gasteiger partial charge in [0, 0.05) is 6.42 Å². The summed E-state index contributed by atoms with van der Waals surface area (Å²) in [7, 11) is 0. The molecule has 2 aromatic carbocycles. The van der Waals surface area contributed by atoms with Crippen molar-refractivity contribution in [3.8, 4) is 11.5 Å². The normalized spacial score (nSPS) is 13.6. The minimum atomic E-state index is -1.54. The van der Waals surface area contributed by atoms with Gasteiger partial charge in [-0.25, -0.2) is 14.6 Å². The van der Waals surface area contributed by atoms with Crippen LogP contribution in [0.5, 0.6) is 11.5 Å². The largest absolute Gasteiger partial charge is 0.489 e. The van der Waals surface area contributed by atoms with Crippen molar-refractivity contribution in [3.63, 3.8) is 0 Å². The Morgan fingerprint density at radius 1 is 1.14 bits per heavy atom. The van der Waals surface area contributed by atoms with E-state index in [1.54, 1.807) is 36.4 Å². The van der Waals surface area contributed by atoms with E-state index in [2.05, 4.69) is 10.3 Å². The molecule has 7 N–H and O–H groups in total. The van der Waals surface area contributed by atoms with Crippen LogP contribution < -0.4 is 26.3 Å². The van der Waals surface area contributed by atoms with E-state index in [0.717, 1.165) is 0 Å². The first-order valence-corrected chi connectivity index (χ1v) is 11.1. The molecule has 1 atom stereocenters. The van der Waals surface area contributed by atoms with Crippen molar-refractivity contribution in [2.24, 2.45) is 16.5 Å². The highest BCUT2D eigenvalue weighted by Gasteiger charge is 2.24. The molecule has 1 aliphatic rings. The first-order chi connectivity index (χ1) is 17.1. The molecule has 0 spiro atoms. The van der Waals surface area contributed by atoms with Crippen LogP contribution >= 0.6 is 0 Å². The van der Waals surface area contributed by atoms with Crippen LogP contribution in [-0.4, -0.2) is 52.6 Å². The van der Waals surface area contributed by atoms with E-state index in [0.29, 0.717) is 47.6 Å². The molecule has 3 rings (SSSR count). The predicted molar refractivity (Wildman–Crippen MR) is 127 cm³/mol. The molecule has 0 saturated carbocycles. The van der Waals surface area contributed by atoms with Crippen molar-refractivity contribution < 1.29 is 38.9 Å². The van der Waals surface area contributed by atoms with Gasteiger partial charge >= 0.3 is 17.9 Å². The summed E-state index contributed by atoms with van der Waals surface area (Å²) < 4.78 is 11.5. The molecule has 1 amide bonds. The first-order valence-electron chi connectivity index (χ1n) is 11.1. The summed E-state index contributed by atoms with van der Waals surface area (Å²) in [4.78, 5) is 51.2. The average Bonchev–Trinajstić information content (AvgIpc) is 2.80. The van der Waals surface area contributed by atoms with Crippen molar-refractivity contribution in [3.05, 3.63) is 53.1 Å². The number of nitrogens with two attached hydrogens (primary N) is 2. The number of amides is 1. The number of ether oxygens (including phenoxy) is 2. The van der Waals surface area contributed by atoms with Gasteiger partial charge in [0.05, 0.1) is 24.3 Å². The second kappa shape index (κ2) is 11.7. The molecule has 190 valence electrons. The van der Waals surface area contributed by atoms with Crippen LogP contribution in [0.3, 0.4) is 0 Å². The lowest BCUT2D eigenvalue weighted by Crippen LogP contribution is -2.42. The Morgan fingerprint density at radius 2 is 1.92 bits per heavy atom. The number of aliphatic carboxylic acids is 2. The quantitative estimate of drug-likeness (QED) is 0.152. The van der Waals surface area contributed by atoms with E-state index in [1.165, 1.54) is 0 Å². The maximum atomic E-state index is 12.9. The monoisotopic (exact) mass is 498 g/mol. The molecular weight excluding hydrogens is 472 g/mol. The minimum absolute atomic E-state index is 0.101. The molecule has 2 aromatic rings. The minimum Gasteiger partial charge on any atom is -0.489 e. The number of fused-ring (bicyclic) bond motifs is 2. The highest BCUT2D eigenvalue weighted by molar-refractivity contribution is 5.94. The lowest BCUT2D eigenvalue weighted by molar-refractivity contribution is -0.147. The maximum absolute atomic E-state index is 12.9. The Hall–Kier alpha value is -4.61. The van der Waals surface area contributed by atoms with E-state index in [1.807, 2.05) is 0 Å². The van der Waals surface area contributed by atoms with Gasteiger partial charge in [-0.1, -0.05) is 12.1 Å². The smallest absolute Gasteiger partial charge is 0.343 e. The highest BCUT2D eigenvalue weighted by Crippen LogP contribution is 2.34. The fourth-order valence-electron chi connectivity index (χ4n) is 3.69. The van der Waals surface area contributed by atoms with E-state index in [4.69, 9.17) is 31.2 Å². The Labute approximate surface area is 205 Å². The zero-order valence-electron chi connectivity index (χ0n) is 19.2. The van der Waals surface area contributed by atoms with Gasteiger partial charge in [-0.05, 0) is 54.7 Å². The van der Waals surface area contributed by atoms with Crippen LogP contribution in [0.15, 0.2) is 41.4 Å². The van der Waals surface area contributed by atoms with Crippen LogP contribution in [0, 0.1) is 0 Å².